The zero-order valence-corrected chi connectivity index (χ0v) is 11.9. The van der Waals surface area contributed by atoms with Gasteiger partial charge >= 0.3 is 11.7 Å². The summed E-state index contributed by atoms with van der Waals surface area (Å²) in [5.41, 5.74) is 0.616. The van der Waals surface area contributed by atoms with E-state index in [0.717, 1.165) is 17.7 Å². The van der Waals surface area contributed by atoms with Gasteiger partial charge in [-0.3, -0.25) is 10.1 Å². The van der Waals surface area contributed by atoms with Crippen molar-refractivity contribution in [1.29, 1.82) is 0 Å². The van der Waals surface area contributed by atoms with Crippen LogP contribution in [0.15, 0.2) is 42.5 Å². The van der Waals surface area contributed by atoms with E-state index in [4.69, 9.17) is 0 Å². The predicted molar refractivity (Wildman–Crippen MR) is 77.2 cm³/mol. The molecule has 0 aliphatic rings. The quantitative estimate of drug-likeness (QED) is 0.522. The number of nitro groups is 1. The first kappa shape index (κ1) is 17.1. The number of esters is 1. The van der Waals surface area contributed by atoms with Gasteiger partial charge in [0.1, 0.15) is 11.3 Å². The van der Waals surface area contributed by atoms with E-state index in [2.05, 4.69) is 4.74 Å². The molecule has 0 fully saturated rings. The molecule has 0 amide bonds. The number of hydrogen-bond acceptors (Lipinski definition) is 5. The predicted octanol–water partition coefficient (Wildman–Crippen LogP) is 3.22. The average molecular weight is 307 g/mol. The summed E-state index contributed by atoms with van der Waals surface area (Å²) in [6.07, 6.45) is 0. The van der Waals surface area contributed by atoms with Gasteiger partial charge in [-0.2, -0.15) is 4.39 Å². The van der Waals surface area contributed by atoms with E-state index in [1.54, 1.807) is 6.07 Å². The summed E-state index contributed by atoms with van der Waals surface area (Å²) >= 11 is 0. The van der Waals surface area contributed by atoms with Gasteiger partial charge in [-0.15, -0.1) is 0 Å². The summed E-state index contributed by atoms with van der Waals surface area (Å²) in [6, 6.07) is 9.80. The summed E-state index contributed by atoms with van der Waals surface area (Å²) in [5, 5.41) is 19.3. The second-order valence-electron chi connectivity index (χ2n) is 4.22. The molecule has 2 aromatic carbocycles. The van der Waals surface area contributed by atoms with Crippen molar-refractivity contribution < 1.29 is 24.0 Å². The van der Waals surface area contributed by atoms with Crippen molar-refractivity contribution in [2.45, 2.75) is 6.92 Å². The molecule has 0 saturated carbocycles. The van der Waals surface area contributed by atoms with Crippen LogP contribution in [0.2, 0.25) is 0 Å². The van der Waals surface area contributed by atoms with Gasteiger partial charge in [-0.1, -0.05) is 18.2 Å². The fourth-order valence-corrected chi connectivity index (χ4v) is 1.52. The number of para-hydroxylation sites is 1. The Kier molecular flexibility index (Phi) is 6.00. The summed E-state index contributed by atoms with van der Waals surface area (Å²) in [6.45, 7) is 1.83. The van der Waals surface area contributed by atoms with E-state index in [1.165, 1.54) is 31.4 Å². The molecule has 0 unspecified atom stereocenters. The maximum Gasteiger partial charge on any atom is 0.341 e. The highest BCUT2D eigenvalue weighted by atomic mass is 19.1. The Morgan fingerprint density at radius 2 is 1.91 bits per heavy atom. The first-order valence-electron chi connectivity index (χ1n) is 6.13. The fourth-order valence-electron chi connectivity index (χ4n) is 1.52. The number of methoxy groups -OCH3 is 1. The van der Waals surface area contributed by atoms with Gasteiger partial charge in [0.25, 0.3) is 0 Å². The molecule has 1 N–H and O–H groups in total. The lowest BCUT2D eigenvalue weighted by Gasteiger charge is -2.02. The third kappa shape index (κ3) is 4.55. The molecule has 0 bridgehead atoms. The first-order valence-corrected chi connectivity index (χ1v) is 6.13. The van der Waals surface area contributed by atoms with Crippen LogP contribution in [0.5, 0.6) is 5.75 Å². The summed E-state index contributed by atoms with van der Waals surface area (Å²) in [4.78, 5) is 20.2. The number of rotatable bonds is 2. The molecule has 0 spiro atoms. The standard InChI is InChI=1S/C9H10O3.C6H4FNO2/c1-6-3-4-7(8(10)5-6)9(11)12-2;7-5-3-1-2-4-6(5)8(9)10/h3-5,10H,1-2H3;1-4H. The lowest BCUT2D eigenvalue weighted by atomic mass is 10.1. The van der Waals surface area contributed by atoms with Crippen molar-refractivity contribution in [3.63, 3.8) is 0 Å². The molecule has 0 atom stereocenters. The SMILES string of the molecule is COC(=O)c1ccc(C)cc1O.O=[N+]([O-])c1ccccc1F. The molecule has 0 aliphatic heterocycles. The van der Waals surface area contributed by atoms with Gasteiger partial charge in [0.2, 0.25) is 5.82 Å². The maximum absolute atomic E-state index is 12.4. The molecule has 7 heteroatoms. The Morgan fingerprint density at radius 1 is 1.27 bits per heavy atom. The van der Waals surface area contributed by atoms with Gasteiger partial charge in [-0.25, -0.2) is 4.79 Å². The highest BCUT2D eigenvalue weighted by molar-refractivity contribution is 5.92. The number of phenolic OH excluding ortho intramolecular Hbond substituents is 1. The third-order valence-electron chi connectivity index (χ3n) is 2.61. The van der Waals surface area contributed by atoms with Crippen LogP contribution in [0.1, 0.15) is 15.9 Å². The number of carbonyl (C=O) groups is 1. The van der Waals surface area contributed by atoms with Crippen LogP contribution < -0.4 is 0 Å². The van der Waals surface area contributed by atoms with Gasteiger partial charge in [0, 0.05) is 6.07 Å². The lowest BCUT2D eigenvalue weighted by Crippen LogP contribution is -2.01. The average Bonchev–Trinajstić information content (AvgIpc) is 2.47. The Hall–Kier alpha value is -2.96. The number of carbonyl (C=O) groups excluding carboxylic acids is 1. The Morgan fingerprint density at radius 3 is 2.36 bits per heavy atom. The Bertz CT molecular complexity index is 687. The minimum absolute atomic E-state index is 0.0400. The molecule has 2 rings (SSSR count). The van der Waals surface area contributed by atoms with Crippen molar-refractivity contribution in [3.05, 3.63) is 69.5 Å². The van der Waals surface area contributed by atoms with Gasteiger partial charge < -0.3 is 9.84 Å². The normalized spacial score (nSPS) is 9.41. The molecule has 0 heterocycles. The summed E-state index contributed by atoms with van der Waals surface area (Å²) in [7, 11) is 1.28. The fraction of sp³-hybridized carbons (Fsp3) is 0.133. The zero-order chi connectivity index (χ0) is 16.7. The monoisotopic (exact) mass is 307 g/mol. The Labute approximate surface area is 125 Å². The molecule has 0 aromatic heterocycles. The Balaban J connectivity index is 0.000000224. The van der Waals surface area contributed by atoms with E-state index < -0.39 is 22.4 Å². The molecular weight excluding hydrogens is 293 g/mol. The summed E-state index contributed by atoms with van der Waals surface area (Å²) in [5.74, 6) is -1.36. The number of hydrogen-bond donors (Lipinski definition) is 1. The van der Waals surface area contributed by atoms with Gasteiger partial charge in [0.15, 0.2) is 0 Å². The van der Waals surface area contributed by atoms with Crippen molar-refractivity contribution in [1.82, 2.24) is 0 Å². The van der Waals surface area contributed by atoms with Crippen LogP contribution in [-0.2, 0) is 4.74 Å². The molecule has 2 aromatic rings. The number of benzene rings is 2. The molecule has 0 aliphatic carbocycles. The largest absolute Gasteiger partial charge is 0.507 e. The lowest BCUT2D eigenvalue weighted by molar-refractivity contribution is -0.387. The van der Waals surface area contributed by atoms with Gasteiger partial charge in [0.05, 0.1) is 12.0 Å². The van der Waals surface area contributed by atoms with Crippen LogP contribution >= 0.6 is 0 Å². The van der Waals surface area contributed by atoms with Crippen molar-refractivity contribution >= 4 is 11.7 Å². The molecule has 22 heavy (non-hydrogen) atoms. The minimum atomic E-state index is -0.799. The number of aromatic hydroxyl groups is 1. The minimum Gasteiger partial charge on any atom is -0.507 e. The molecule has 0 radical (unpaired) electrons. The zero-order valence-electron chi connectivity index (χ0n) is 11.9. The molecule has 6 nitrogen and oxygen atoms in total. The number of nitrogens with zero attached hydrogens (tertiary/aromatic N) is 1. The highest BCUT2D eigenvalue weighted by Crippen LogP contribution is 2.18. The second-order valence-corrected chi connectivity index (χ2v) is 4.22. The molecular formula is C15H14FNO5. The van der Waals surface area contributed by atoms with Crippen LogP contribution in [0, 0.1) is 22.9 Å². The van der Waals surface area contributed by atoms with Crippen LogP contribution in [0.25, 0.3) is 0 Å². The molecule has 0 saturated heterocycles. The molecule has 116 valence electrons. The van der Waals surface area contributed by atoms with Crippen LogP contribution in [-0.4, -0.2) is 23.1 Å². The van der Waals surface area contributed by atoms with Crippen LogP contribution in [0.3, 0.4) is 0 Å². The van der Waals surface area contributed by atoms with E-state index in [1.807, 2.05) is 6.92 Å². The highest BCUT2D eigenvalue weighted by Gasteiger charge is 2.10. The topological polar surface area (TPSA) is 89.7 Å². The second kappa shape index (κ2) is 7.72. The van der Waals surface area contributed by atoms with E-state index in [-0.39, 0.29) is 11.3 Å². The number of ether oxygens (including phenoxy) is 1. The van der Waals surface area contributed by atoms with Crippen molar-refractivity contribution in [2.24, 2.45) is 0 Å². The van der Waals surface area contributed by atoms with Crippen LogP contribution in [0.4, 0.5) is 10.1 Å². The van der Waals surface area contributed by atoms with E-state index in [9.17, 15) is 24.4 Å². The maximum atomic E-state index is 12.4. The first-order chi connectivity index (χ1) is 10.4. The van der Waals surface area contributed by atoms with Crippen molar-refractivity contribution in [3.8, 4) is 5.75 Å². The summed E-state index contributed by atoms with van der Waals surface area (Å²) < 4.78 is 16.9. The number of aryl methyl sites for hydroxylation is 1. The van der Waals surface area contributed by atoms with E-state index in [0.29, 0.717) is 0 Å². The van der Waals surface area contributed by atoms with Gasteiger partial charge in [-0.05, 0) is 30.7 Å². The third-order valence-corrected chi connectivity index (χ3v) is 2.61. The smallest absolute Gasteiger partial charge is 0.341 e. The van der Waals surface area contributed by atoms with E-state index >= 15 is 0 Å². The number of nitro benzene ring substituents is 1. The number of halogens is 1. The van der Waals surface area contributed by atoms with Crippen molar-refractivity contribution in [2.75, 3.05) is 7.11 Å². The number of phenols is 1.